The topological polar surface area (TPSA) is 133 Å². The van der Waals surface area contributed by atoms with E-state index >= 15 is 0 Å². The Bertz CT molecular complexity index is 1460. The number of hydrogen-bond acceptors (Lipinski definition) is 6. The standard InChI is InChI=1S/C29H33FN6O3/c1-28(2,31)26(38)34-22(12-18-15-32-21-7-5-4-6-20(18)21)25(37)23-14-29(13-17-8-10-19(30)11-9-17)24(16-33-23)35-36(3)27(29)39/h4-11,15,22-23,32-33H,12-14,16,31H2,1-3H3,(H,34,38)/t22-,23+,29-/m1/s1. The van der Waals surface area contributed by atoms with Gasteiger partial charge in [-0.25, -0.2) is 9.40 Å². The second-order valence-electron chi connectivity index (χ2n) is 11.1. The van der Waals surface area contributed by atoms with Crippen LogP contribution in [-0.2, 0) is 27.2 Å². The van der Waals surface area contributed by atoms with Gasteiger partial charge in [0.05, 0.1) is 28.7 Å². The van der Waals surface area contributed by atoms with E-state index in [2.05, 4.69) is 20.7 Å². The third kappa shape index (κ3) is 5.09. The van der Waals surface area contributed by atoms with Crippen LogP contribution in [0, 0.1) is 11.2 Å². The largest absolute Gasteiger partial charge is 0.361 e. The van der Waals surface area contributed by atoms with E-state index in [1.807, 2.05) is 30.5 Å². The molecule has 0 aliphatic carbocycles. The van der Waals surface area contributed by atoms with Crippen LogP contribution in [0.5, 0.6) is 0 Å². The van der Waals surface area contributed by atoms with Crippen LogP contribution in [-0.4, -0.2) is 64.5 Å². The van der Waals surface area contributed by atoms with Crippen molar-refractivity contribution >= 4 is 34.2 Å². The first-order valence-electron chi connectivity index (χ1n) is 13.0. The third-order valence-corrected chi connectivity index (χ3v) is 7.69. The van der Waals surface area contributed by atoms with Crippen LogP contribution in [0.15, 0.2) is 59.8 Å². The summed E-state index contributed by atoms with van der Waals surface area (Å²) in [7, 11) is 1.60. The zero-order valence-corrected chi connectivity index (χ0v) is 22.3. The highest BCUT2D eigenvalue weighted by atomic mass is 19.1. The molecule has 2 aromatic carbocycles. The summed E-state index contributed by atoms with van der Waals surface area (Å²) < 4.78 is 13.6. The molecule has 1 fully saturated rings. The Balaban J connectivity index is 1.45. The van der Waals surface area contributed by atoms with Crippen LogP contribution in [0.3, 0.4) is 0 Å². The highest BCUT2D eigenvalue weighted by Gasteiger charge is 2.54. The summed E-state index contributed by atoms with van der Waals surface area (Å²) in [5.74, 6) is -1.26. The second kappa shape index (κ2) is 10.0. The molecule has 3 atom stereocenters. The number of benzene rings is 2. The smallest absolute Gasteiger partial charge is 0.254 e. The number of rotatable bonds is 8. The summed E-state index contributed by atoms with van der Waals surface area (Å²) in [5, 5.41) is 12.9. The van der Waals surface area contributed by atoms with E-state index in [-0.39, 0.29) is 43.3 Å². The van der Waals surface area contributed by atoms with Gasteiger partial charge in [-0.1, -0.05) is 30.3 Å². The maximum Gasteiger partial charge on any atom is 0.254 e. The zero-order chi connectivity index (χ0) is 27.9. The summed E-state index contributed by atoms with van der Waals surface area (Å²) >= 11 is 0. The molecule has 204 valence electrons. The number of nitrogens with two attached hydrogens (primary N) is 1. The SMILES string of the molecule is CN1N=C2CN[C@H](C(=O)[C@@H](Cc3c[nH]c4ccccc34)NC(=O)C(C)(C)N)C[C@@]2(Cc2ccc(F)cc2)C1=O. The average molecular weight is 533 g/mol. The molecule has 3 aromatic rings. The quantitative estimate of drug-likeness (QED) is 0.353. The zero-order valence-electron chi connectivity index (χ0n) is 22.3. The van der Waals surface area contributed by atoms with Crippen LogP contribution in [0.1, 0.15) is 31.4 Å². The second-order valence-corrected chi connectivity index (χ2v) is 11.1. The molecule has 1 aromatic heterocycles. The lowest BCUT2D eigenvalue weighted by molar-refractivity contribution is -0.137. The third-order valence-electron chi connectivity index (χ3n) is 7.69. The maximum absolute atomic E-state index is 14.1. The van der Waals surface area contributed by atoms with Gasteiger partial charge in [-0.2, -0.15) is 5.10 Å². The Morgan fingerprint density at radius 2 is 1.95 bits per heavy atom. The number of H-pyrrole nitrogens is 1. The summed E-state index contributed by atoms with van der Waals surface area (Å²) in [6.45, 7) is 3.41. The van der Waals surface area contributed by atoms with Gasteiger partial charge in [-0.05, 0) is 56.0 Å². The number of ketones is 1. The van der Waals surface area contributed by atoms with Crippen molar-refractivity contribution in [1.82, 2.24) is 20.6 Å². The van der Waals surface area contributed by atoms with Gasteiger partial charge in [0.25, 0.3) is 5.91 Å². The first-order chi connectivity index (χ1) is 18.5. The van der Waals surface area contributed by atoms with Gasteiger partial charge < -0.3 is 21.4 Å². The van der Waals surface area contributed by atoms with E-state index in [1.165, 1.54) is 17.1 Å². The molecule has 5 N–H and O–H groups in total. The van der Waals surface area contributed by atoms with Crippen LogP contribution in [0.4, 0.5) is 4.39 Å². The number of carbonyl (C=O) groups is 3. The number of amides is 2. The molecule has 0 unspecified atom stereocenters. The molecule has 0 radical (unpaired) electrons. The Morgan fingerprint density at radius 3 is 2.67 bits per heavy atom. The van der Waals surface area contributed by atoms with Gasteiger partial charge in [-0.3, -0.25) is 14.4 Å². The Kier molecular flexibility index (Phi) is 6.86. The fourth-order valence-electron chi connectivity index (χ4n) is 5.54. The molecule has 39 heavy (non-hydrogen) atoms. The van der Waals surface area contributed by atoms with Crippen LogP contribution in [0.2, 0.25) is 0 Å². The summed E-state index contributed by atoms with van der Waals surface area (Å²) in [6.07, 6.45) is 2.55. The minimum absolute atomic E-state index is 0.164. The van der Waals surface area contributed by atoms with Gasteiger partial charge in [0.1, 0.15) is 5.82 Å². The summed E-state index contributed by atoms with van der Waals surface area (Å²) in [6, 6.07) is 12.2. The number of aromatic nitrogens is 1. The van der Waals surface area contributed by atoms with Crippen LogP contribution >= 0.6 is 0 Å². The fraction of sp³-hybridized carbons (Fsp3) is 0.379. The lowest BCUT2D eigenvalue weighted by Crippen LogP contribution is -2.61. The van der Waals surface area contributed by atoms with Crippen LogP contribution < -0.4 is 16.4 Å². The molecule has 1 saturated heterocycles. The van der Waals surface area contributed by atoms with Crippen molar-refractivity contribution in [1.29, 1.82) is 0 Å². The minimum Gasteiger partial charge on any atom is -0.361 e. The number of hydrogen-bond donors (Lipinski definition) is 4. The monoisotopic (exact) mass is 532 g/mol. The fourth-order valence-corrected chi connectivity index (χ4v) is 5.54. The number of nitrogens with zero attached hydrogens (tertiary/aromatic N) is 2. The predicted molar refractivity (Wildman–Crippen MR) is 146 cm³/mol. The van der Waals surface area contributed by atoms with Crippen molar-refractivity contribution in [3.63, 3.8) is 0 Å². The number of halogens is 1. The lowest BCUT2D eigenvalue weighted by Gasteiger charge is -2.38. The van der Waals surface area contributed by atoms with Crippen molar-refractivity contribution in [2.75, 3.05) is 13.6 Å². The maximum atomic E-state index is 14.1. The molecule has 5 rings (SSSR count). The molecule has 10 heteroatoms. The molecule has 0 saturated carbocycles. The van der Waals surface area contributed by atoms with Crippen molar-refractivity contribution in [3.05, 3.63) is 71.7 Å². The Labute approximate surface area is 226 Å². The molecule has 2 aliphatic rings. The highest BCUT2D eigenvalue weighted by Crippen LogP contribution is 2.40. The van der Waals surface area contributed by atoms with Gasteiger partial charge in [0, 0.05) is 37.1 Å². The summed E-state index contributed by atoms with van der Waals surface area (Å²) in [5.41, 5.74) is 7.05. The van der Waals surface area contributed by atoms with Gasteiger partial charge in [-0.15, -0.1) is 0 Å². The van der Waals surface area contributed by atoms with Crippen molar-refractivity contribution in [3.8, 4) is 0 Å². The Hall–Kier alpha value is -3.89. The molecular weight excluding hydrogens is 499 g/mol. The number of carbonyl (C=O) groups excluding carboxylic acids is 3. The number of nitrogens with one attached hydrogen (secondary N) is 3. The van der Waals surface area contributed by atoms with E-state index < -0.39 is 28.9 Å². The molecule has 0 bridgehead atoms. The number of para-hydroxylation sites is 1. The predicted octanol–water partition coefficient (Wildman–Crippen LogP) is 2.06. The first kappa shape index (κ1) is 26.7. The van der Waals surface area contributed by atoms with Crippen molar-refractivity contribution in [2.45, 2.75) is 50.7 Å². The normalized spacial score (nSPS) is 22.0. The molecule has 3 heterocycles. The molecule has 2 aliphatic heterocycles. The number of piperidine rings is 1. The van der Waals surface area contributed by atoms with E-state index in [0.29, 0.717) is 5.71 Å². The first-order valence-corrected chi connectivity index (χ1v) is 13.0. The van der Waals surface area contributed by atoms with Gasteiger partial charge in [0.2, 0.25) is 5.91 Å². The minimum atomic E-state index is -1.19. The van der Waals surface area contributed by atoms with E-state index in [4.69, 9.17) is 5.73 Å². The van der Waals surface area contributed by atoms with Crippen molar-refractivity contribution < 1.29 is 18.8 Å². The van der Waals surface area contributed by atoms with E-state index in [1.54, 1.807) is 33.0 Å². The highest BCUT2D eigenvalue weighted by molar-refractivity contribution is 6.14. The molecule has 2 amide bonds. The number of Topliss-reactive ketones (excluding diaryl/α,β-unsaturated/α-hetero) is 1. The average Bonchev–Trinajstić information content (AvgIpc) is 3.42. The number of fused-ring (bicyclic) bond motifs is 2. The molecule has 9 nitrogen and oxygen atoms in total. The van der Waals surface area contributed by atoms with Crippen LogP contribution in [0.25, 0.3) is 10.9 Å². The van der Waals surface area contributed by atoms with E-state index in [0.717, 1.165) is 22.0 Å². The van der Waals surface area contributed by atoms with Gasteiger partial charge in [0.15, 0.2) is 5.78 Å². The molecular formula is C29H33FN6O3. The van der Waals surface area contributed by atoms with Crippen molar-refractivity contribution in [2.24, 2.45) is 16.3 Å². The number of aromatic amines is 1. The molecule has 0 spiro atoms. The Morgan fingerprint density at radius 1 is 1.23 bits per heavy atom. The summed E-state index contributed by atoms with van der Waals surface area (Å²) in [4.78, 5) is 43.7. The lowest BCUT2D eigenvalue weighted by atomic mass is 9.69. The van der Waals surface area contributed by atoms with Gasteiger partial charge >= 0.3 is 0 Å². The number of hydrazone groups is 1. The van der Waals surface area contributed by atoms with E-state index in [9.17, 15) is 18.8 Å².